The summed E-state index contributed by atoms with van der Waals surface area (Å²) in [5, 5.41) is 3.00. The Hall–Kier alpha value is -2.05. The Balaban J connectivity index is 2.47. The van der Waals surface area contributed by atoms with Crippen molar-refractivity contribution < 1.29 is 9.53 Å². The summed E-state index contributed by atoms with van der Waals surface area (Å²) in [4.78, 5) is 18.3. The lowest BCUT2D eigenvalue weighted by molar-refractivity contribution is -0.118. The van der Waals surface area contributed by atoms with Crippen molar-refractivity contribution in [2.24, 2.45) is 5.73 Å². The molecule has 0 atom stereocenters. The number of carbonyl (C=O) groups excluding carboxylic acids is 1. The number of nitrogens with zero attached hydrogens (tertiary/aromatic N) is 2. The largest absolute Gasteiger partial charge is 0.481 e. The van der Waals surface area contributed by atoms with Gasteiger partial charge in [0.1, 0.15) is 5.82 Å². The maximum atomic E-state index is 10.5. The van der Waals surface area contributed by atoms with E-state index in [2.05, 4.69) is 15.3 Å². The lowest BCUT2D eigenvalue weighted by Crippen LogP contribution is -2.13. The Morgan fingerprint density at radius 2 is 2.31 bits per heavy atom. The fraction of sp³-hybridized carbons (Fsp3) is 0.444. The first-order chi connectivity index (χ1) is 7.61. The van der Waals surface area contributed by atoms with E-state index in [1.54, 1.807) is 6.07 Å². The quantitative estimate of drug-likeness (QED) is 0.574. The number of rotatable bonds is 6. The number of nitrogen functional groups attached to an aromatic ring is 1. The molecule has 1 aromatic heterocycles. The number of nitrogens with two attached hydrogens (primary N) is 2. The van der Waals surface area contributed by atoms with E-state index in [1.807, 2.05) is 0 Å². The maximum Gasteiger partial charge on any atom is 0.225 e. The number of aromatic nitrogens is 2. The first kappa shape index (κ1) is 12.0. The minimum absolute atomic E-state index is 0.136. The topological polar surface area (TPSA) is 116 Å². The molecule has 0 aliphatic heterocycles. The zero-order chi connectivity index (χ0) is 12.0. The molecule has 0 aromatic carbocycles. The van der Waals surface area contributed by atoms with Gasteiger partial charge in [0, 0.05) is 19.0 Å². The molecule has 0 aliphatic carbocycles. The zero-order valence-corrected chi connectivity index (χ0v) is 9.06. The van der Waals surface area contributed by atoms with E-state index in [1.165, 1.54) is 7.11 Å². The molecule has 1 amide bonds. The van der Waals surface area contributed by atoms with Crippen LogP contribution in [0, 0.1) is 0 Å². The van der Waals surface area contributed by atoms with Crippen LogP contribution in [0.25, 0.3) is 0 Å². The summed E-state index contributed by atoms with van der Waals surface area (Å²) in [5.41, 5.74) is 10.5. The van der Waals surface area contributed by atoms with E-state index in [0.29, 0.717) is 31.1 Å². The summed E-state index contributed by atoms with van der Waals surface area (Å²) in [5.74, 6) is 0.775. The van der Waals surface area contributed by atoms with Crippen molar-refractivity contribution in [1.29, 1.82) is 0 Å². The van der Waals surface area contributed by atoms with Crippen molar-refractivity contribution >= 4 is 17.7 Å². The molecular weight excluding hydrogens is 210 g/mol. The average Bonchev–Trinajstić information content (AvgIpc) is 2.23. The maximum absolute atomic E-state index is 10.5. The van der Waals surface area contributed by atoms with Crippen LogP contribution in [0.2, 0.25) is 0 Å². The van der Waals surface area contributed by atoms with Gasteiger partial charge in [-0.3, -0.25) is 4.79 Å². The Kier molecular flexibility index (Phi) is 4.31. The molecule has 1 heterocycles. The number of ether oxygens (including phenoxy) is 1. The standard InChI is InChI=1S/C9H15N5O2/c1-16-8-5-7(13-9(11)14-8)12-4-2-3-6(10)15/h5H,2-4H2,1H3,(H2,10,15)(H3,11,12,13,14). The highest BCUT2D eigenvalue weighted by Gasteiger charge is 2.02. The van der Waals surface area contributed by atoms with Gasteiger partial charge in [-0.1, -0.05) is 0 Å². The van der Waals surface area contributed by atoms with E-state index in [0.717, 1.165) is 0 Å². The lowest BCUT2D eigenvalue weighted by atomic mass is 10.3. The third kappa shape index (κ3) is 3.99. The molecule has 1 aromatic rings. The predicted molar refractivity (Wildman–Crippen MR) is 59.9 cm³/mol. The Morgan fingerprint density at radius 3 is 2.94 bits per heavy atom. The molecule has 0 radical (unpaired) electrons. The van der Waals surface area contributed by atoms with E-state index in [4.69, 9.17) is 16.2 Å². The second-order valence-electron chi connectivity index (χ2n) is 3.15. The summed E-state index contributed by atoms with van der Waals surface area (Å²) in [6.45, 7) is 0.586. The summed E-state index contributed by atoms with van der Waals surface area (Å²) in [6.07, 6.45) is 0.978. The molecule has 0 saturated heterocycles. The van der Waals surface area contributed by atoms with E-state index in [-0.39, 0.29) is 11.9 Å². The van der Waals surface area contributed by atoms with Crippen LogP contribution in [0.5, 0.6) is 5.88 Å². The molecule has 0 bridgehead atoms. The molecule has 5 N–H and O–H groups in total. The van der Waals surface area contributed by atoms with Gasteiger partial charge >= 0.3 is 0 Å². The summed E-state index contributed by atoms with van der Waals surface area (Å²) in [7, 11) is 1.50. The van der Waals surface area contributed by atoms with Crippen molar-refractivity contribution in [1.82, 2.24) is 9.97 Å². The molecule has 1 rings (SSSR count). The van der Waals surface area contributed by atoms with Crippen molar-refractivity contribution in [3.8, 4) is 5.88 Å². The van der Waals surface area contributed by atoms with Crippen LogP contribution < -0.4 is 21.5 Å². The Bertz CT molecular complexity index is 369. The number of primary amides is 1. The van der Waals surface area contributed by atoms with Crippen LogP contribution in [0.15, 0.2) is 6.07 Å². The third-order valence-corrected chi connectivity index (χ3v) is 1.84. The highest BCUT2D eigenvalue weighted by atomic mass is 16.5. The van der Waals surface area contributed by atoms with Gasteiger partial charge < -0.3 is 21.5 Å². The average molecular weight is 225 g/mol. The van der Waals surface area contributed by atoms with Crippen molar-refractivity contribution in [2.75, 3.05) is 24.7 Å². The molecular formula is C9H15N5O2. The molecule has 0 spiro atoms. The van der Waals surface area contributed by atoms with Crippen molar-refractivity contribution in [2.45, 2.75) is 12.8 Å². The number of amides is 1. The Labute approximate surface area is 93.2 Å². The van der Waals surface area contributed by atoms with Gasteiger partial charge in [0.05, 0.1) is 7.11 Å². The number of methoxy groups -OCH3 is 1. The highest BCUT2D eigenvalue weighted by molar-refractivity contribution is 5.73. The number of nitrogens with one attached hydrogen (secondary N) is 1. The predicted octanol–water partition coefficient (Wildman–Crippen LogP) is -0.255. The van der Waals surface area contributed by atoms with Crippen LogP contribution in [0.4, 0.5) is 11.8 Å². The Morgan fingerprint density at radius 1 is 1.56 bits per heavy atom. The number of carbonyl (C=O) groups is 1. The van der Waals surface area contributed by atoms with Gasteiger partial charge in [0.2, 0.25) is 17.7 Å². The second-order valence-corrected chi connectivity index (χ2v) is 3.15. The van der Waals surface area contributed by atoms with Gasteiger partial charge in [0.25, 0.3) is 0 Å². The zero-order valence-electron chi connectivity index (χ0n) is 9.06. The van der Waals surface area contributed by atoms with Crippen LogP contribution in [0.3, 0.4) is 0 Å². The molecule has 88 valence electrons. The van der Waals surface area contributed by atoms with Gasteiger partial charge in [-0.05, 0) is 6.42 Å². The minimum Gasteiger partial charge on any atom is -0.481 e. The molecule has 7 nitrogen and oxygen atoms in total. The first-order valence-corrected chi connectivity index (χ1v) is 4.82. The fourth-order valence-electron chi connectivity index (χ4n) is 1.12. The van der Waals surface area contributed by atoms with Gasteiger partial charge in [-0.15, -0.1) is 0 Å². The van der Waals surface area contributed by atoms with Crippen LogP contribution >= 0.6 is 0 Å². The van der Waals surface area contributed by atoms with E-state index >= 15 is 0 Å². The molecule has 0 unspecified atom stereocenters. The summed E-state index contributed by atoms with van der Waals surface area (Å²) >= 11 is 0. The van der Waals surface area contributed by atoms with E-state index in [9.17, 15) is 4.79 Å². The van der Waals surface area contributed by atoms with E-state index < -0.39 is 0 Å². The first-order valence-electron chi connectivity index (χ1n) is 4.82. The number of anilines is 2. The van der Waals surface area contributed by atoms with Crippen molar-refractivity contribution in [3.63, 3.8) is 0 Å². The molecule has 0 saturated carbocycles. The highest BCUT2D eigenvalue weighted by Crippen LogP contribution is 2.13. The minimum atomic E-state index is -0.318. The van der Waals surface area contributed by atoms with Crippen molar-refractivity contribution in [3.05, 3.63) is 6.07 Å². The fourth-order valence-corrected chi connectivity index (χ4v) is 1.12. The summed E-state index contributed by atoms with van der Waals surface area (Å²) < 4.78 is 4.93. The van der Waals surface area contributed by atoms with Gasteiger partial charge in [0.15, 0.2) is 0 Å². The normalized spacial score (nSPS) is 9.81. The third-order valence-electron chi connectivity index (χ3n) is 1.84. The molecule has 0 aliphatic rings. The summed E-state index contributed by atoms with van der Waals surface area (Å²) in [6, 6.07) is 1.63. The molecule has 16 heavy (non-hydrogen) atoms. The lowest BCUT2D eigenvalue weighted by Gasteiger charge is -2.06. The monoisotopic (exact) mass is 225 g/mol. The van der Waals surface area contributed by atoms with Gasteiger partial charge in [-0.25, -0.2) is 0 Å². The molecule has 7 heteroatoms. The molecule has 0 fully saturated rings. The SMILES string of the molecule is COc1cc(NCCCC(N)=O)nc(N)n1. The van der Waals surface area contributed by atoms with Crippen LogP contribution in [-0.2, 0) is 4.79 Å². The van der Waals surface area contributed by atoms with Gasteiger partial charge in [-0.2, -0.15) is 9.97 Å². The smallest absolute Gasteiger partial charge is 0.225 e. The second kappa shape index (κ2) is 5.74. The van der Waals surface area contributed by atoms with Crippen LogP contribution in [-0.4, -0.2) is 29.5 Å². The van der Waals surface area contributed by atoms with Crippen LogP contribution in [0.1, 0.15) is 12.8 Å². The number of hydrogen-bond donors (Lipinski definition) is 3. The number of hydrogen-bond acceptors (Lipinski definition) is 6.